The van der Waals surface area contributed by atoms with Gasteiger partial charge in [0.05, 0.1) is 6.42 Å². The molecule has 92 valence electrons. The second-order valence-electron chi connectivity index (χ2n) is 4.96. The van der Waals surface area contributed by atoms with E-state index < -0.39 is 24.4 Å². The van der Waals surface area contributed by atoms with Gasteiger partial charge in [0.2, 0.25) is 0 Å². The van der Waals surface area contributed by atoms with Gasteiger partial charge in [-0.15, -0.1) is 0 Å². The molecular formula is C11H17F2NO2. The van der Waals surface area contributed by atoms with Crippen molar-refractivity contribution in [3.63, 3.8) is 0 Å². The lowest BCUT2D eigenvalue weighted by atomic mass is 10.1. The van der Waals surface area contributed by atoms with E-state index in [-0.39, 0.29) is 0 Å². The van der Waals surface area contributed by atoms with Gasteiger partial charge in [-0.2, -0.15) is 8.78 Å². The molecule has 1 aliphatic carbocycles. The zero-order valence-corrected chi connectivity index (χ0v) is 9.34. The quantitative estimate of drug-likeness (QED) is 0.754. The fraction of sp³-hybridized carbons (Fsp3) is 0.909. The average Bonchev–Trinajstić information content (AvgIpc) is 2.69. The number of esters is 1. The molecule has 3 nitrogen and oxygen atoms in total. The van der Waals surface area contributed by atoms with Crippen molar-refractivity contribution in [2.24, 2.45) is 5.92 Å². The van der Waals surface area contributed by atoms with E-state index in [2.05, 4.69) is 17.0 Å². The van der Waals surface area contributed by atoms with Gasteiger partial charge in [0.25, 0.3) is 0 Å². The van der Waals surface area contributed by atoms with Crippen molar-refractivity contribution in [3.8, 4) is 0 Å². The van der Waals surface area contributed by atoms with Gasteiger partial charge >= 0.3 is 11.9 Å². The van der Waals surface area contributed by atoms with Gasteiger partial charge in [-0.05, 0) is 25.2 Å². The average molecular weight is 233 g/mol. The van der Waals surface area contributed by atoms with Crippen molar-refractivity contribution in [2.75, 3.05) is 6.54 Å². The van der Waals surface area contributed by atoms with Gasteiger partial charge in [-0.1, -0.05) is 6.92 Å². The van der Waals surface area contributed by atoms with Crippen molar-refractivity contribution in [1.82, 2.24) is 5.32 Å². The van der Waals surface area contributed by atoms with Crippen LogP contribution in [0.2, 0.25) is 0 Å². The number of cyclic esters (lactones) is 1. The van der Waals surface area contributed by atoms with Gasteiger partial charge in [0.15, 0.2) is 0 Å². The summed E-state index contributed by atoms with van der Waals surface area (Å²) in [5.74, 6) is -3.96. The number of alkyl halides is 2. The van der Waals surface area contributed by atoms with E-state index >= 15 is 0 Å². The predicted molar refractivity (Wildman–Crippen MR) is 54.2 cm³/mol. The highest BCUT2D eigenvalue weighted by Gasteiger charge is 2.50. The maximum absolute atomic E-state index is 12.8. The third kappa shape index (κ3) is 2.51. The van der Waals surface area contributed by atoms with Crippen molar-refractivity contribution >= 4 is 5.97 Å². The topological polar surface area (TPSA) is 38.3 Å². The molecule has 0 aromatic heterocycles. The number of carbonyl (C=O) groups excluding carboxylic acids is 1. The molecule has 1 N–H and O–H groups in total. The molecular weight excluding hydrogens is 216 g/mol. The number of carbonyl (C=O) groups is 1. The third-order valence-electron chi connectivity index (χ3n) is 3.39. The number of nitrogens with one attached hydrogen (secondary N) is 1. The Balaban J connectivity index is 1.74. The number of hydrogen-bond acceptors (Lipinski definition) is 3. The van der Waals surface area contributed by atoms with Crippen LogP contribution in [0.25, 0.3) is 0 Å². The molecule has 2 fully saturated rings. The SMILES string of the molecule is CC1CCC(NCC2CC(F)(F)C(=O)O2)C1. The standard InChI is InChI=1S/C11H17F2NO2/c1-7-2-3-8(4-7)14-6-9-5-11(12,13)10(15)16-9/h7-9,14H,2-6H2,1H3. The highest BCUT2D eigenvalue weighted by atomic mass is 19.3. The van der Waals surface area contributed by atoms with Crippen LogP contribution in [0.15, 0.2) is 0 Å². The summed E-state index contributed by atoms with van der Waals surface area (Å²) in [7, 11) is 0. The maximum Gasteiger partial charge on any atom is 0.377 e. The minimum atomic E-state index is -3.28. The zero-order chi connectivity index (χ0) is 11.8. The van der Waals surface area contributed by atoms with Crippen LogP contribution in [0, 0.1) is 5.92 Å². The molecule has 16 heavy (non-hydrogen) atoms. The van der Waals surface area contributed by atoms with Crippen molar-refractivity contribution in [2.45, 2.75) is 50.7 Å². The van der Waals surface area contributed by atoms with Crippen molar-refractivity contribution in [1.29, 1.82) is 0 Å². The molecule has 1 heterocycles. The number of ether oxygens (including phenoxy) is 1. The van der Waals surface area contributed by atoms with E-state index in [4.69, 9.17) is 0 Å². The molecule has 2 rings (SSSR count). The number of rotatable bonds is 3. The molecule has 0 radical (unpaired) electrons. The Kier molecular flexibility index (Phi) is 3.15. The lowest BCUT2D eigenvalue weighted by molar-refractivity contribution is -0.159. The number of hydrogen-bond donors (Lipinski definition) is 1. The molecule has 1 aliphatic heterocycles. The zero-order valence-electron chi connectivity index (χ0n) is 9.34. The largest absolute Gasteiger partial charge is 0.456 e. The second kappa shape index (κ2) is 4.28. The molecule has 3 unspecified atom stereocenters. The van der Waals surface area contributed by atoms with E-state index in [1.165, 1.54) is 6.42 Å². The summed E-state index contributed by atoms with van der Waals surface area (Å²) in [5, 5.41) is 3.20. The molecule has 0 aromatic carbocycles. The van der Waals surface area contributed by atoms with Gasteiger partial charge in [0.1, 0.15) is 6.10 Å². The molecule has 1 saturated heterocycles. The van der Waals surface area contributed by atoms with Crippen LogP contribution in [0.5, 0.6) is 0 Å². The molecule has 0 spiro atoms. The molecule has 2 aliphatic rings. The van der Waals surface area contributed by atoms with E-state index in [1.807, 2.05) is 0 Å². The summed E-state index contributed by atoms with van der Waals surface area (Å²) in [6.07, 6.45) is 2.19. The summed E-state index contributed by atoms with van der Waals surface area (Å²) < 4.78 is 30.3. The Bertz CT molecular complexity index is 283. The summed E-state index contributed by atoms with van der Waals surface area (Å²) >= 11 is 0. The van der Waals surface area contributed by atoms with Crippen LogP contribution >= 0.6 is 0 Å². The minimum absolute atomic E-state index is 0.346. The van der Waals surface area contributed by atoms with E-state index in [9.17, 15) is 13.6 Å². The summed E-state index contributed by atoms with van der Waals surface area (Å²) in [6, 6.07) is 0.392. The first-order valence-corrected chi connectivity index (χ1v) is 5.79. The highest BCUT2D eigenvalue weighted by molar-refractivity contribution is 5.79. The van der Waals surface area contributed by atoms with Crippen LogP contribution in [0.3, 0.4) is 0 Å². The Hall–Kier alpha value is -0.710. The van der Waals surface area contributed by atoms with Gasteiger partial charge in [0, 0.05) is 12.6 Å². The maximum atomic E-state index is 12.8. The molecule has 1 saturated carbocycles. The van der Waals surface area contributed by atoms with E-state index in [0.717, 1.165) is 12.8 Å². The van der Waals surface area contributed by atoms with Gasteiger partial charge in [-0.3, -0.25) is 0 Å². The highest BCUT2D eigenvalue weighted by Crippen LogP contribution is 2.31. The third-order valence-corrected chi connectivity index (χ3v) is 3.39. The van der Waals surface area contributed by atoms with Crippen LogP contribution in [0.1, 0.15) is 32.6 Å². The monoisotopic (exact) mass is 233 g/mol. The smallest absolute Gasteiger partial charge is 0.377 e. The Morgan fingerprint density at radius 2 is 2.25 bits per heavy atom. The van der Waals surface area contributed by atoms with E-state index in [0.29, 0.717) is 18.5 Å². The van der Waals surface area contributed by atoms with E-state index in [1.54, 1.807) is 0 Å². The first-order chi connectivity index (χ1) is 7.47. The summed E-state index contributed by atoms with van der Waals surface area (Å²) in [6.45, 7) is 2.53. The molecule has 0 amide bonds. The normalized spacial score (nSPS) is 37.7. The Morgan fingerprint density at radius 3 is 2.75 bits per heavy atom. The Morgan fingerprint density at radius 1 is 1.50 bits per heavy atom. The summed E-state index contributed by atoms with van der Waals surface area (Å²) in [4.78, 5) is 10.8. The van der Waals surface area contributed by atoms with Crippen LogP contribution in [-0.4, -0.2) is 30.6 Å². The molecule has 5 heteroatoms. The fourth-order valence-corrected chi connectivity index (χ4v) is 2.45. The first-order valence-electron chi connectivity index (χ1n) is 5.79. The van der Waals surface area contributed by atoms with Crippen LogP contribution < -0.4 is 5.32 Å². The Labute approximate surface area is 93.5 Å². The molecule has 0 aromatic rings. The lowest BCUT2D eigenvalue weighted by Gasteiger charge is -2.15. The van der Waals surface area contributed by atoms with Crippen LogP contribution in [0.4, 0.5) is 8.78 Å². The van der Waals surface area contributed by atoms with Crippen molar-refractivity contribution < 1.29 is 18.3 Å². The molecule has 3 atom stereocenters. The first kappa shape index (κ1) is 11.8. The van der Waals surface area contributed by atoms with Crippen LogP contribution in [-0.2, 0) is 9.53 Å². The van der Waals surface area contributed by atoms with Gasteiger partial charge < -0.3 is 10.1 Å². The summed E-state index contributed by atoms with van der Waals surface area (Å²) in [5.41, 5.74) is 0. The van der Waals surface area contributed by atoms with Crippen molar-refractivity contribution in [3.05, 3.63) is 0 Å². The molecule has 0 bridgehead atoms. The lowest BCUT2D eigenvalue weighted by Crippen LogP contribution is -2.34. The van der Waals surface area contributed by atoms with Gasteiger partial charge in [-0.25, -0.2) is 4.79 Å². The fourth-order valence-electron chi connectivity index (χ4n) is 2.45. The second-order valence-corrected chi connectivity index (χ2v) is 4.96. The minimum Gasteiger partial charge on any atom is -0.456 e. The number of halogens is 2. The predicted octanol–water partition coefficient (Wildman–Crippen LogP) is 1.72.